The summed E-state index contributed by atoms with van der Waals surface area (Å²) in [5.74, 6) is -7.68. The van der Waals surface area contributed by atoms with Gasteiger partial charge < -0.3 is 35.5 Å². The lowest BCUT2D eigenvalue weighted by molar-refractivity contribution is -0.141. The van der Waals surface area contributed by atoms with E-state index in [0.29, 0.717) is 11.8 Å². The standard InChI is InChI=1S/C20H15N5O10/c26-15-8-3-9(17(29)30)23-13(8)12-7(16(27)28)2-10(18(31)32)24-14(12)20(15,35)25-11(19(33)34)1-6-4-21-5-22-6/h2-5,11,23,25,35H,1H2,(H,21,22)(H,27,28)(H,29,30)(H,31,32)(H,33,34). The maximum absolute atomic E-state index is 13.4. The predicted molar refractivity (Wildman–Crippen MR) is 110 cm³/mol. The minimum Gasteiger partial charge on any atom is -0.480 e. The summed E-state index contributed by atoms with van der Waals surface area (Å²) in [6, 6.07) is -0.165. The van der Waals surface area contributed by atoms with E-state index in [-0.39, 0.29) is 12.1 Å². The fourth-order valence-corrected chi connectivity index (χ4v) is 3.79. The van der Waals surface area contributed by atoms with Gasteiger partial charge >= 0.3 is 23.9 Å². The second kappa shape index (κ2) is 8.15. The van der Waals surface area contributed by atoms with Gasteiger partial charge in [-0.05, 0) is 12.1 Å². The number of carboxylic acids is 4. The fourth-order valence-electron chi connectivity index (χ4n) is 3.79. The Morgan fingerprint density at radius 3 is 2.31 bits per heavy atom. The van der Waals surface area contributed by atoms with Gasteiger partial charge in [0.1, 0.15) is 23.1 Å². The van der Waals surface area contributed by atoms with Crippen LogP contribution >= 0.6 is 0 Å². The summed E-state index contributed by atoms with van der Waals surface area (Å²) in [4.78, 5) is 72.9. The van der Waals surface area contributed by atoms with Crippen molar-refractivity contribution in [2.24, 2.45) is 0 Å². The van der Waals surface area contributed by atoms with Crippen molar-refractivity contribution >= 4 is 29.7 Å². The van der Waals surface area contributed by atoms with E-state index >= 15 is 0 Å². The third kappa shape index (κ3) is 3.79. The van der Waals surface area contributed by atoms with Crippen LogP contribution in [0.25, 0.3) is 11.3 Å². The Hall–Kier alpha value is -4.89. The number of ketones is 1. The summed E-state index contributed by atoms with van der Waals surface area (Å²) in [7, 11) is 0. The van der Waals surface area contributed by atoms with Gasteiger partial charge in [-0.25, -0.2) is 24.4 Å². The topological polar surface area (TPSA) is 256 Å². The van der Waals surface area contributed by atoms with E-state index in [0.717, 1.165) is 6.07 Å². The number of aromatic nitrogens is 4. The molecule has 0 amide bonds. The number of pyridine rings is 1. The van der Waals surface area contributed by atoms with Crippen molar-refractivity contribution in [1.29, 1.82) is 0 Å². The van der Waals surface area contributed by atoms with Crippen molar-refractivity contribution in [3.63, 3.8) is 0 Å². The molecular formula is C20H15N5O10. The molecule has 180 valence electrons. The van der Waals surface area contributed by atoms with Gasteiger partial charge in [0.2, 0.25) is 11.5 Å². The second-order valence-corrected chi connectivity index (χ2v) is 7.52. The summed E-state index contributed by atoms with van der Waals surface area (Å²) < 4.78 is 0. The van der Waals surface area contributed by atoms with E-state index in [1.54, 1.807) is 0 Å². The SMILES string of the molecule is O=C(O)c1cc(C(=O)O)c2c(n1)C(O)(NC(Cc1cnc[nH]1)C(=O)O)C(=O)c1cc(C(=O)O)[nH]c1-2. The lowest BCUT2D eigenvalue weighted by atomic mass is 9.82. The van der Waals surface area contributed by atoms with E-state index in [2.05, 4.69) is 25.3 Å². The molecule has 8 N–H and O–H groups in total. The Morgan fingerprint density at radius 1 is 1.06 bits per heavy atom. The van der Waals surface area contributed by atoms with Crippen molar-refractivity contribution < 1.29 is 49.5 Å². The smallest absolute Gasteiger partial charge is 0.354 e. The molecule has 4 rings (SSSR count). The lowest BCUT2D eigenvalue weighted by Crippen LogP contribution is -2.58. The van der Waals surface area contributed by atoms with Gasteiger partial charge in [-0.1, -0.05) is 0 Å². The van der Waals surface area contributed by atoms with Gasteiger partial charge in [-0.3, -0.25) is 14.9 Å². The van der Waals surface area contributed by atoms with Crippen LogP contribution in [0.2, 0.25) is 0 Å². The van der Waals surface area contributed by atoms with Crippen LogP contribution < -0.4 is 5.32 Å². The van der Waals surface area contributed by atoms with Crippen LogP contribution in [0.1, 0.15) is 53.1 Å². The van der Waals surface area contributed by atoms with E-state index in [1.807, 2.05) is 0 Å². The van der Waals surface area contributed by atoms with Gasteiger partial charge in [0, 0.05) is 29.4 Å². The molecule has 35 heavy (non-hydrogen) atoms. The van der Waals surface area contributed by atoms with Crippen molar-refractivity contribution in [3.8, 4) is 11.3 Å². The van der Waals surface area contributed by atoms with Gasteiger partial charge in [0.15, 0.2) is 0 Å². The number of nitrogens with zero attached hydrogens (tertiary/aromatic N) is 2. The molecule has 3 aromatic heterocycles. The zero-order valence-corrected chi connectivity index (χ0v) is 17.3. The molecule has 3 heterocycles. The number of carbonyl (C=O) groups excluding carboxylic acids is 1. The van der Waals surface area contributed by atoms with Gasteiger partial charge in [0.25, 0.3) is 0 Å². The Balaban J connectivity index is 1.99. The highest BCUT2D eigenvalue weighted by Gasteiger charge is 2.51. The molecule has 0 spiro atoms. The minimum atomic E-state index is -3.04. The van der Waals surface area contributed by atoms with Crippen LogP contribution in [0.15, 0.2) is 24.7 Å². The lowest BCUT2D eigenvalue weighted by Gasteiger charge is -2.35. The molecule has 15 nitrogen and oxygen atoms in total. The maximum atomic E-state index is 13.4. The van der Waals surface area contributed by atoms with Crippen molar-refractivity contribution in [1.82, 2.24) is 25.3 Å². The molecule has 0 aliphatic heterocycles. The number of aromatic amines is 2. The molecule has 1 aliphatic rings. The van der Waals surface area contributed by atoms with Crippen molar-refractivity contribution in [2.75, 3.05) is 0 Å². The number of H-pyrrole nitrogens is 2. The van der Waals surface area contributed by atoms with Crippen LogP contribution in [0.4, 0.5) is 0 Å². The number of carbonyl (C=O) groups is 5. The van der Waals surface area contributed by atoms with Crippen LogP contribution in [-0.2, 0) is 16.9 Å². The number of aromatic carboxylic acids is 3. The van der Waals surface area contributed by atoms with Crippen molar-refractivity contribution in [3.05, 3.63) is 58.6 Å². The molecule has 1 aliphatic carbocycles. The van der Waals surface area contributed by atoms with E-state index < -0.39 is 75.2 Å². The fraction of sp³-hybridized carbons (Fsp3) is 0.150. The Kier molecular flexibility index (Phi) is 5.42. The summed E-state index contributed by atoms with van der Waals surface area (Å²) in [5.41, 5.74) is -6.97. The van der Waals surface area contributed by atoms with Gasteiger partial charge in [0.05, 0.1) is 17.6 Å². The molecule has 2 unspecified atom stereocenters. The normalized spacial score (nSPS) is 17.3. The average Bonchev–Trinajstić information content (AvgIpc) is 3.46. The monoisotopic (exact) mass is 485 g/mol. The molecule has 0 saturated carbocycles. The first kappa shape index (κ1) is 23.3. The van der Waals surface area contributed by atoms with Crippen LogP contribution in [-0.4, -0.2) is 81.2 Å². The Morgan fingerprint density at radius 2 is 1.77 bits per heavy atom. The van der Waals surface area contributed by atoms with Crippen LogP contribution in [0.5, 0.6) is 0 Å². The second-order valence-electron chi connectivity index (χ2n) is 7.52. The van der Waals surface area contributed by atoms with Gasteiger partial charge in [-0.15, -0.1) is 0 Å². The first-order valence-corrected chi connectivity index (χ1v) is 9.67. The maximum Gasteiger partial charge on any atom is 0.354 e. The number of aliphatic hydroxyl groups is 1. The first-order valence-electron chi connectivity index (χ1n) is 9.67. The van der Waals surface area contributed by atoms with E-state index in [4.69, 9.17) is 0 Å². The highest BCUT2D eigenvalue weighted by atomic mass is 16.4. The molecular weight excluding hydrogens is 470 g/mol. The third-order valence-corrected chi connectivity index (χ3v) is 5.34. The zero-order chi connectivity index (χ0) is 25.7. The number of imidazole rings is 1. The molecule has 0 radical (unpaired) electrons. The van der Waals surface area contributed by atoms with Crippen molar-refractivity contribution in [2.45, 2.75) is 18.2 Å². The summed E-state index contributed by atoms with van der Waals surface area (Å²) in [5, 5.41) is 51.9. The van der Waals surface area contributed by atoms with Gasteiger partial charge in [-0.2, -0.15) is 0 Å². The molecule has 0 fully saturated rings. The predicted octanol–water partition coefficient (Wildman–Crippen LogP) is -0.479. The average molecular weight is 485 g/mol. The molecule has 2 atom stereocenters. The number of Topliss-reactive ketones (excluding diaryl/α,β-unsaturated/α-hetero) is 1. The highest BCUT2D eigenvalue weighted by molar-refractivity contribution is 6.15. The van der Waals surface area contributed by atoms with E-state index in [1.165, 1.54) is 12.5 Å². The molecule has 3 aromatic rings. The largest absolute Gasteiger partial charge is 0.480 e. The van der Waals surface area contributed by atoms with Crippen LogP contribution in [0, 0.1) is 0 Å². The molecule has 15 heteroatoms. The summed E-state index contributed by atoms with van der Waals surface area (Å²) >= 11 is 0. The number of hydrogen-bond acceptors (Lipinski definition) is 9. The molecule has 0 bridgehead atoms. The number of aliphatic carboxylic acids is 1. The first-order chi connectivity index (χ1) is 16.4. The quantitative estimate of drug-likeness (QED) is 0.188. The number of fused-ring (bicyclic) bond motifs is 3. The third-order valence-electron chi connectivity index (χ3n) is 5.34. The Bertz CT molecular complexity index is 1410. The molecule has 0 aromatic carbocycles. The number of rotatable bonds is 8. The number of nitrogens with one attached hydrogen (secondary N) is 3. The summed E-state index contributed by atoms with van der Waals surface area (Å²) in [6.45, 7) is 0. The molecule has 0 saturated heterocycles. The zero-order valence-electron chi connectivity index (χ0n) is 17.3. The number of hydrogen-bond donors (Lipinski definition) is 8. The van der Waals surface area contributed by atoms with Crippen LogP contribution in [0.3, 0.4) is 0 Å². The summed E-state index contributed by atoms with van der Waals surface area (Å²) in [6.07, 6.45) is 2.24. The van der Waals surface area contributed by atoms with E-state index in [9.17, 15) is 49.5 Å². The number of carboxylic acid groups (broad SMARTS) is 4. The Labute approximate surface area is 193 Å². The highest BCUT2D eigenvalue weighted by Crippen LogP contribution is 2.42. The minimum absolute atomic E-state index is 0.297.